The number of ether oxygens (including phenoxy) is 2. The second kappa shape index (κ2) is 10.2. The number of benzene rings is 1. The lowest BCUT2D eigenvalue weighted by molar-refractivity contribution is -0.274. The molecule has 2 heterocycles. The summed E-state index contributed by atoms with van der Waals surface area (Å²) in [6, 6.07) is 5.89. The van der Waals surface area contributed by atoms with Crippen molar-refractivity contribution in [3.63, 3.8) is 0 Å². The van der Waals surface area contributed by atoms with Crippen molar-refractivity contribution < 1.29 is 27.4 Å². The summed E-state index contributed by atoms with van der Waals surface area (Å²) in [5, 5.41) is 0.731. The molecule has 1 unspecified atom stereocenters. The molecule has 1 aromatic rings. The summed E-state index contributed by atoms with van der Waals surface area (Å²) in [6.07, 6.45) is -1.21. The Balaban J connectivity index is 1.46. The van der Waals surface area contributed by atoms with Gasteiger partial charge in [-0.1, -0.05) is 23.7 Å². The molecule has 6 nitrogen and oxygen atoms in total. The van der Waals surface area contributed by atoms with E-state index in [2.05, 4.69) is 14.6 Å². The van der Waals surface area contributed by atoms with Crippen molar-refractivity contribution in [3.05, 3.63) is 40.6 Å². The Bertz CT molecular complexity index is 887. The minimum atomic E-state index is -4.69. The number of aryl methyl sites for hydroxylation is 1. The minimum Gasteiger partial charge on any atom is -0.444 e. The van der Waals surface area contributed by atoms with Crippen molar-refractivity contribution >= 4 is 23.9 Å². The second-order valence-electron chi connectivity index (χ2n) is 9.11. The molecule has 2 aliphatic rings. The standard InChI is InChI=1S/C23H29ClF3N3O3/c1-22(2,3)33-21(31)30-12-10-29(11-13-30)20-15-28-17(14-19(20)24)7-4-16-5-8-18(9-6-16)32-23(25,26)27/h5-6,8-9,15,17H,4,7,10-14H2,1-3H3. The number of carbonyl (C=O) groups excluding carboxylic acids is 1. The average Bonchev–Trinajstić information content (AvgIpc) is 2.71. The third kappa shape index (κ3) is 7.84. The lowest BCUT2D eigenvalue weighted by Crippen LogP contribution is -2.50. The van der Waals surface area contributed by atoms with Gasteiger partial charge in [0, 0.05) is 43.8 Å². The Morgan fingerprint density at radius 1 is 1.12 bits per heavy atom. The van der Waals surface area contributed by atoms with Gasteiger partial charge in [-0.15, -0.1) is 13.2 Å². The quantitative estimate of drug-likeness (QED) is 0.560. The predicted molar refractivity (Wildman–Crippen MR) is 121 cm³/mol. The number of halogens is 4. The third-order valence-corrected chi connectivity index (χ3v) is 5.64. The van der Waals surface area contributed by atoms with E-state index in [0.717, 1.165) is 22.7 Å². The molecule has 0 bridgehead atoms. The first-order valence-electron chi connectivity index (χ1n) is 10.9. The summed E-state index contributed by atoms with van der Waals surface area (Å²) in [6.45, 7) is 7.93. The van der Waals surface area contributed by atoms with Crippen LogP contribution in [0.1, 0.15) is 39.2 Å². The monoisotopic (exact) mass is 487 g/mol. The Labute approximate surface area is 197 Å². The van der Waals surface area contributed by atoms with E-state index in [0.29, 0.717) is 39.0 Å². The first-order chi connectivity index (χ1) is 15.4. The summed E-state index contributed by atoms with van der Waals surface area (Å²) in [4.78, 5) is 20.7. The van der Waals surface area contributed by atoms with Crippen LogP contribution in [-0.2, 0) is 11.2 Å². The molecule has 0 aromatic heterocycles. The molecule has 33 heavy (non-hydrogen) atoms. The third-order valence-electron chi connectivity index (χ3n) is 5.30. The number of rotatable bonds is 5. The highest BCUT2D eigenvalue weighted by molar-refractivity contribution is 6.31. The molecule has 182 valence electrons. The van der Waals surface area contributed by atoms with Crippen molar-refractivity contribution in [2.45, 2.75) is 58.0 Å². The van der Waals surface area contributed by atoms with E-state index in [9.17, 15) is 18.0 Å². The summed E-state index contributed by atoms with van der Waals surface area (Å²) in [5.41, 5.74) is 1.26. The zero-order chi connectivity index (χ0) is 24.2. The Kier molecular flexibility index (Phi) is 7.82. The number of piperazine rings is 1. The van der Waals surface area contributed by atoms with Gasteiger partial charge in [0.15, 0.2) is 0 Å². The number of aliphatic imine (C=N–C) groups is 1. The van der Waals surface area contributed by atoms with Gasteiger partial charge in [0.2, 0.25) is 0 Å². The molecule has 0 N–H and O–H groups in total. The van der Waals surface area contributed by atoms with Gasteiger partial charge in [-0.25, -0.2) is 4.79 Å². The number of alkyl halides is 3. The van der Waals surface area contributed by atoms with E-state index in [1.165, 1.54) is 12.1 Å². The van der Waals surface area contributed by atoms with Crippen LogP contribution in [0, 0.1) is 0 Å². The Hall–Kier alpha value is -2.42. The van der Waals surface area contributed by atoms with Gasteiger partial charge in [-0.2, -0.15) is 0 Å². The molecular formula is C23H29ClF3N3O3. The number of carbonyl (C=O) groups is 1. The van der Waals surface area contributed by atoms with Crippen molar-refractivity contribution in [1.29, 1.82) is 0 Å². The zero-order valence-electron chi connectivity index (χ0n) is 19.0. The van der Waals surface area contributed by atoms with E-state index >= 15 is 0 Å². The number of amides is 1. The molecule has 0 radical (unpaired) electrons. The van der Waals surface area contributed by atoms with Crippen LogP contribution in [0.25, 0.3) is 0 Å². The number of dihydropyridines is 1. The van der Waals surface area contributed by atoms with E-state index in [1.807, 2.05) is 20.8 Å². The van der Waals surface area contributed by atoms with E-state index in [4.69, 9.17) is 16.3 Å². The van der Waals surface area contributed by atoms with Crippen LogP contribution in [-0.4, -0.2) is 66.3 Å². The largest absolute Gasteiger partial charge is 0.573 e. The highest BCUT2D eigenvalue weighted by Crippen LogP contribution is 2.28. The molecule has 1 saturated heterocycles. The highest BCUT2D eigenvalue weighted by Gasteiger charge is 2.31. The molecular weight excluding hydrogens is 459 g/mol. The Morgan fingerprint density at radius 3 is 2.30 bits per heavy atom. The molecule has 1 aromatic carbocycles. The number of nitrogens with zero attached hydrogens (tertiary/aromatic N) is 3. The first kappa shape index (κ1) is 25.2. The lowest BCUT2D eigenvalue weighted by atomic mass is 10.0. The molecule has 1 atom stereocenters. The molecule has 1 fully saturated rings. The maximum atomic E-state index is 12.3. The summed E-state index contributed by atoms with van der Waals surface area (Å²) >= 11 is 6.58. The van der Waals surface area contributed by atoms with Gasteiger partial charge in [-0.05, 0) is 51.3 Å². The first-order valence-corrected chi connectivity index (χ1v) is 11.3. The van der Waals surface area contributed by atoms with Crippen LogP contribution in [0.15, 0.2) is 40.0 Å². The van der Waals surface area contributed by atoms with Crippen LogP contribution < -0.4 is 4.74 Å². The van der Waals surface area contributed by atoms with Gasteiger partial charge in [0.1, 0.15) is 11.4 Å². The van der Waals surface area contributed by atoms with Crippen molar-refractivity contribution in [1.82, 2.24) is 9.80 Å². The average molecular weight is 488 g/mol. The SMILES string of the molecule is CC(C)(C)OC(=O)N1CCN(C2=C(Cl)CC(CCc3ccc(OC(F)(F)F)cc3)N=C2)CC1. The van der Waals surface area contributed by atoms with Crippen LogP contribution in [0.4, 0.5) is 18.0 Å². The lowest BCUT2D eigenvalue weighted by Gasteiger charge is -2.38. The van der Waals surface area contributed by atoms with E-state index < -0.39 is 12.0 Å². The van der Waals surface area contributed by atoms with Crippen LogP contribution in [0.5, 0.6) is 5.75 Å². The smallest absolute Gasteiger partial charge is 0.444 e. The zero-order valence-corrected chi connectivity index (χ0v) is 19.7. The molecule has 0 spiro atoms. The normalized spacial score (nSPS) is 19.7. The highest BCUT2D eigenvalue weighted by atomic mass is 35.5. The minimum absolute atomic E-state index is 0.00963. The van der Waals surface area contributed by atoms with Gasteiger partial charge >= 0.3 is 12.5 Å². The Morgan fingerprint density at radius 2 is 1.76 bits per heavy atom. The van der Waals surface area contributed by atoms with Crippen molar-refractivity contribution in [2.75, 3.05) is 26.2 Å². The second-order valence-corrected chi connectivity index (χ2v) is 9.57. The van der Waals surface area contributed by atoms with Crippen molar-refractivity contribution in [3.8, 4) is 5.75 Å². The number of hydrogen-bond donors (Lipinski definition) is 0. The predicted octanol–water partition coefficient (Wildman–Crippen LogP) is 5.36. The van der Waals surface area contributed by atoms with Crippen LogP contribution in [0.3, 0.4) is 0 Å². The maximum absolute atomic E-state index is 12.3. The van der Waals surface area contributed by atoms with Gasteiger partial charge in [-0.3, -0.25) is 4.99 Å². The van der Waals surface area contributed by atoms with Gasteiger partial charge in [0.05, 0.1) is 11.7 Å². The van der Waals surface area contributed by atoms with Crippen molar-refractivity contribution in [2.24, 2.45) is 4.99 Å². The van der Waals surface area contributed by atoms with Crippen LogP contribution >= 0.6 is 11.6 Å². The van der Waals surface area contributed by atoms with E-state index in [-0.39, 0.29) is 17.9 Å². The van der Waals surface area contributed by atoms with Gasteiger partial charge in [0.25, 0.3) is 0 Å². The molecule has 1 amide bonds. The topological polar surface area (TPSA) is 54.4 Å². The van der Waals surface area contributed by atoms with E-state index in [1.54, 1.807) is 23.2 Å². The van der Waals surface area contributed by atoms with Gasteiger partial charge < -0.3 is 19.3 Å². The molecule has 0 saturated carbocycles. The maximum Gasteiger partial charge on any atom is 0.573 e. The number of allylic oxidation sites excluding steroid dienone is 1. The molecule has 3 rings (SSSR count). The fraction of sp³-hybridized carbons (Fsp3) is 0.565. The fourth-order valence-electron chi connectivity index (χ4n) is 3.69. The summed E-state index contributed by atoms with van der Waals surface area (Å²) in [5.74, 6) is -0.232. The summed E-state index contributed by atoms with van der Waals surface area (Å²) in [7, 11) is 0. The fourth-order valence-corrected chi connectivity index (χ4v) is 4.03. The summed E-state index contributed by atoms with van der Waals surface area (Å²) < 4.78 is 46.1. The van der Waals surface area contributed by atoms with Crippen LogP contribution in [0.2, 0.25) is 0 Å². The molecule has 0 aliphatic carbocycles. The molecule has 2 aliphatic heterocycles. The molecule has 10 heteroatoms. The number of hydrogen-bond acceptors (Lipinski definition) is 5.